The molecule has 2 aromatic carbocycles. The number of aromatic nitrogens is 2. The van der Waals surface area contributed by atoms with Gasteiger partial charge < -0.3 is 9.88 Å². The highest BCUT2D eigenvalue weighted by atomic mass is 32.2. The van der Waals surface area contributed by atoms with Crippen molar-refractivity contribution in [1.29, 1.82) is 0 Å². The maximum Gasteiger partial charge on any atom is 0.511 e. The number of aromatic amines is 1. The van der Waals surface area contributed by atoms with Crippen molar-refractivity contribution in [3.63, 3.8) is 0 Å². The topological polar surface area (TPSA) is 69.3 Å². The summed E-state index contributed by atoms with van der Waals surface area (Å²) < 4.78 is 67.1. The number of rotatable bonds is 7. The van der Waals surface area contributed by atoms with Crippen LogP contribution in [0.1, 0.15) is 53.4 Å². The van der Waals surface area contributed by atoms with Crippen LogP contribution < -0.4 is 4.90 Å². The van der Waals surface area contributed by atoms with E-state index in [1.807, 2.05) is 60.4 Å². The lowest BCUT2D eigenvalue weighted by molar-refractivity contribution is -0.0492. The zero-order chi connectivity index (χ0) is 25.5. The molecule has 2 aliphatic rings. The molecule has 0 bridgehead atoms. The summed E-state index contributed by atoms with van der Waals surface area (Å²) in [6, 6.07) is 15.1. The molecule has 3 aromatic rings. The van der Waals surface area contributed by atoms with Gasteiger partial charge in [0.05, 0.1) is 18.4 Å². The fraction of sp³-hybridized carbons (Fsp3) is 0.423. The first kappa shape index (κ1) is 24.8. The number of anilines is 1. The molecule has 1 fully saturated rings. The Balaban J connectivity index is 1.57. The van der Waals surface area contributed by atoms with E-state index >= 15 is 0 Å². The first-order valence-corrected chi connectivity index (χ1v) is 13.6. The Morgan fingerprint density at radius 2 is 1.86 bits per heavy atom. The molecule has 0 saturated heterocycles. The summed E-state index contributed by atoms with van der Waals surface area (Å²) in [5.41, 5.74) is -1.07. The second-order valence-electron chi connectivity index (χ2n) is 9.71. The quantitative estimate of drug-likeness (QED) is 0.463. The minimum Gasteiger partial charge on any atom is -0.361 e. The van der Waals surface area contributed by atoms with Crippen LogP contribution >= 0.6 is 0 Å². The van der Waals surface area contributed by atoms with Crippen LogP contribution in [0.2, 0.25) is 0 Å². The zero-order valence-electron chi connectivity index (χ0n) is 20.0. The van der Waals surface area contributed by atoms with Crippen LogP contribution in [0.5, 0.6) is 0 Å². The molecule has 192 valence electrons. The van der Waals surface area contributed by atoms with E-state index in [1.165, 1.54) is 0 Å². The molecular formula is C26H29F3N4O2S. The fourth-order valence-electron chi connectivity index (χ4n) is 4.97. The first-order valence-electron chi connectivity index (χ1n) is 12.1. The van der Waals surface area contributed by atoms with Crippen LogP contribution in [0.25, 0.3) is 0 Å². The Kier molecular flexibility index (Phi) is 6.59. The van der Waals surface area contributed by atoms with Gasteiger partial charge in [-0.05, 0) is 61.3 Å². The van der Waals surface area contributed by atoms with Gasteiger partial charge in [0.25, 0.3) is 0 Å². The zero-order valence-corrected chi connectivity index (χ0v) is 20.8. The van der Waals surface area contributed by atoms with Crippen LogP contribution in [0.4, 0.5) is 18.9 Å². The van der Waals surface area contributed by atoms with Crippen molar-refractivity contribution in [1.82, 2.24) is 14.3 Å². The number of benzene rings is 2. The second kappa shape index (κ2) is 9.55. The molecule has 1 aromatic heterocycles. The molecule has 1 unspecified atom stereocenters. The van der Waals surface area contributed by atoms with E-state index in [0.717, 1.165) is 41.2 Å². The normalized spacial score (nSPS) is 19.2. The van der Waals surface area contributed by atoms with Crippen molar-refractivity contribution in [2.24, 2.45) is 0 Å². The van der Waals surface area contributed by atoms with Crippen LogP contribution in [0.3, 0.4) is 0 Å². The number of imidazole rings is 1. The summed E-state index contributed by atoms with van der Waals surface area (Å²) in [5.74, 6) is 1.13. The second-order valence-corrected chi connectivity index (χ2v) is 11.6. The highest BCUT2D eigenvalue weighted by molar-refractivity contribution is 7.89. The van der Waals surface area contributed by atoms with Crippen molar-refractivity contribution in [3.05, 3.63) is 82.9 Å². The monoisotopic (exact) mass is 518 g/mol. The Bertz CT molecular complexity index is 1320. The molecule has 1 aliphatic heterocycles. The maximum atomic E-state index is 13.7. The summed E-state index contributed by atoms with van der Waals surface area (Å²) in [5, 5.41) is 0. The van der Waals surface area contributed by atoms with Crippen LogP contribution in [-0.4, -0.2) is 40.8 Å². The molecule has 1 N–H and O–H groups in total. The van der Waals surface area contributed by atoms with Crippen LogP contribution in [0, 0.1) is 6.92 Å². The van der Waals surface area contributed by atoms with Gasteiger partial charge in [-0.2, -0.15) is 17.5 Å². The molecule has 0 spiro atoms. The minimum atomic E-state index is -5.50. The van der Waals surface area contributed by atoms with Crippen molar-refractivity contribution in [3.8, 4) is 0 Å². The molecule has 1 atom stereocenters. The molecule has 0 amide bonds. The molecule has 1 saturated carbocycles. The van der Waals surface area contributed by atoms with E-state index in [0.29, 0.717) is 35.2 Å². The average Bonchev–Trinajstić information content (AvgIpc) is 3.62. The summed E-state index contributed by atoms with van der Waals surface area (Å²) >= 11 is 0. The Labute approximate surface area is 209 Å². The lowest BCUT2D eigenvalue weighted by Gasteiger charge is -2.34. The number of hydrogen-bond acceptors (Lipinski definition) is 4. The van der Waals surface area contributed by atoms with Crippen molar-refractivity contribution < 1.29 is 21.6 Å². The number of aryl methyl sites for hydroxylation is 2. The van der Waals surface area contributed by atoms with Gasteiger partial charge in [0.1, 0.15) is 5.82 Å². The summed E-state index contributed by atoms with van der Waals surface area (Å²) in [6.45, 7) is 1.66. The van der Waals surface area contributed by atoms with Gasteiger partial charge >= 0.3 is 15.5 Å². The van der Waals surface area contributed by atoms with Crippen molar-refractivity contribution >= 4 is 15.7 Å². The number of alkyl halides is 3. The van der Waals surface area contributed by atoms with E-state index in [-0.39, 0.29) is 13.1 Å². The fourth-order valence-corrected chi connectivity index (χ4v) is 5.94. The van der Waals surface area contributed by atoms with Crippen LogP contribution in [0.15, 0.2) is 54.7 Å². The Hall–Kier alpha value is -2.85. The number of fused-ring (bicyclic) bond motifs is 1. The molecule has 2 heterocycles. The van der Waals surface area contributed by atoms with Crippen LogP contribution in [-0.2, 0) is 29.5 Å². The molecule has 10 heteroatoms. The molecule has 5 rings (SSSR count). The van der Waals surface area contributed by atoms with Gasteiger partial charge in [0.15, 0.2) is 0 Å². The van der Waals surface area contributed by atoms with Gasteiger partial charge in [-0.15, -0.1) is 0 Å². The SMILES string of the molecule is Cc1ncc(CN2c3ccc(C4CC4)cc3CN(S(=O)(=O)C(F)(F)F)CC2CCc2ccccc2)[nH]1. The third-order valence-electron chi connectivity index (χ3n) is 7.00. The lowest BCUT2D eigenvalue weighted by Crippen LogP contribution is -2.47. The third kappa shape index (κ3) is 5.15. The third-order valence-corrected chi connectivity index (χ3v) is 8.54. The smallest absolute Gasteiger partial charge is 0.361 e. The average molecular weight is 519 g/mol. The van der Waals surface area contributed by atoms with Crippen molar-refractivity contribution in [2.75, 3.05) is 11.4 Å². The highest BCUT2D eigenvalue weighted by Crippen LogP contribution is 2.43. The summed E-state index contributed by atoms with van der Waals surface area (Å²) in [7, 11) is -5.50. The molecule has 0 radical (unpaired) electrons. The van der Waals surface area contributed by atoms with Gasteiger partial charge in [-0.1, -0.05) is 42.5 Å². The summed E-state index contributed by atoms with van der Waals surface area (Å²) in [6.07, 6.45) is 4.90. The van der Waals surface area contributed by atoms with E-state index in [4.69, 9.17) is 0 Å². The lowest BCUT2D eigenvalue weighted by atomic mass is 10.0. The molecule has 1 aliphatic carbocycles. The summed E-state index contributed by atoms with van der Waals surface area (Å²) in [4.78, 5) is 9.53. The number of H-pyrrole nitrogens is 1. The molecule has 36 heavy (non-hydrogen) atoms. The Morgan fingerprint density at radius 3 is 2.50 bits per heavy atom. The van der Waals surface area contributed by atoms with Gasteiger partial charge in [-0.25, -0.2) is 13.4 Å². The first-order chi connectivity index (χ1) is 17.1. The van der Waals surface area contributed by atoms with Gasteiger partial charge in [0.2, 0.25) is 0 Å². The van der Waals surface area contributed by atoms with Gasteiger partial charge in [-0.3, -0.25) is 0 Å². The van der Waals surface area contributed by atoms with Crippen molar-refractivity contribution in [2.45, 2.75) is 63.2 Å². The number of halogens is 3. The minimum absolute atomic E-state index is 0.255. The number of nitrogens with zero attached hydrogens (tertiary/aromatic N) is 3. The largest absolute Gasteiger partial charge is 0.511 e. The van der Waals surface area contributed by atoms with E-state index in [2.05, 4.69) is 9.97 Å². The standard InChI is InChI=1S/C26H29F3N4O2S/c1-18-30-14-23(31-18)16-33-24(11-7-19-5-3-2-4-6-19)17-32(36(34,35)26(27,28)29)15-22-13-21(20-8-9-20)10-12-25(22)33/h2-6,10,12-14,20,24H,7-9,11,15-17H2,1H3,(H,30,31). The Morgan fingerprint density at radius 1 is 1.11 bits per heavy atom. The number of sulfonamides is 1. The number of nitrogens with one attached hydrogen (secondary N) is 1. The number of hydrogen-bond donors (Lipinski definition) is 1. The van der Waals surface area contributed by atoms with E-state index in [1.54, 1.807) is 6.20 Å². The predicted molar refractivity (Wildman–Crippen MR) is 132 cm³/mol. The van der Waals surface area contributed by atoms with Gasteiger partial charge in [0, 0.05) is 24.8 Å². The predicted octanol–water partition coefficient (Wildman–Crippen LogP) is 5.27. The molecular weight excluding hydrogens is 489 g/mol. The molecule has 6 nitrogen and oxygen atoms in total. The van der Waals surface area contributed by atoms with E-state index < -0.39 is 21.6 Å². The van der Waals surface area contributed by atoms with E-state index in [9.17, 15) is 21.6 Å². The maximum absolute atomic E-state index is 13.7. The highest BCUT2D eigenvalue weighted by Gasteiger charge is 2.51.